The van der Waals surface area contributed by atoms with Crippen LogP contribution in [0.2, 0.25) is 0 Å². The molecule has 0 unspecified atom stereocenters. The number of imidazole rings is 1. The molecule has 0 N–H and O–H groups in total. The van der Waals surface area contributed by atoms with Gasteiger partial charge in [0.25, 0.3) is 10.0 Å². The van der Waals surface area contributed by atoms with Gasteiger partial charge in [0.1, 0.15) is 0 Å². The third kappa shape index (κ3) is 4.52. The van der Waals surface area contributed by atoms with Gasteiger partial charge in [-0.05, 0) is 32.7 Å². The molecular formula is C18H31N5O3S. The van der Waals surface area contributed by atoms with Crippen molar-refractivity contribution in [3.63, 3.8) is 0 Å². The molecule has 0 saturated carbocycles. The number of aryl methyl sites for hydroxylation is 1. The van der Waals surface area contributed by atoms with Crippen LogP contribution in [-0.4, -0.2) is 83.8 Å². The molecule has 0 aromatic carbocycles. The number of piperazine rings is 1. The van der Waals surface area contributed by atoms with Crippen LogP contribution >= 0.6 is 0 Å². The minimum absolute atomic E-state index is 0.0747. The Bertz CT molecular complexity index is 740. The molecule has 1 atom stereocenters. The van der Waals surface area contributed by atoms with Crippen LogP contribution < -0.4 is 0 Å². The highest BCUT2D eigenvalue weighted by Crippen LogP contribution is 2.24. The fraction of sp³-hybridized carbons (Fsp3) is 0.778. The Morgan fingerprint density at radius 1 is 1.19 bits per heavy atom. The van der Waals surface area contributed by atoms with Gasteiger partial charge in [0, 0.05) is 52.0 Å². The number of carbonyl (C=O) groups excluding carboxylic acids is 1. The lowest BCUT2D eigenvalue weighted by Crippen LogP contribution is -2.53. The Kier molecular flexibility index (Phi) is 6.54. The normalized spacial score (nSPS) is 22.9. The van der Waals surface area contributed by atoms with E-state index in [-0.39, 0.29) is 23.4 Å². The van der Waals surface area contributed by atoms with Crippen molar-refractivity contribution in [3.05, 3.63) is 12.5 Å². The Morgan fingerprint density at radius 2 is 1.93 bits per heavy atom. The summed E-state index contributed by atoms with van der Waals surface area (Å²) in [4.78, 5) is 21.3. The summed E-state index contributed by atoms with van der Waals surface area (Å²) in [5, 5.41) is 0.0747. The van der Waals surface area contributed by atoms with E-state index in [1.165, 1.54) is 10.6 Å². The second kappa shape index (κ2) is 8.70. The molecule has 1 aromatic heterocycles. The third-order valence-corrected chi connectivity index (χ3v) is 7.29. The number of rotatable bonds is 6. The molecular weight excluding hydrogens is 366 g/mol. The number of hydrogen-bond acceptors (Lipinski definition) is 5. The van der Waals surface area contributed by atoms with Crippen LogP contribution in [0.15, 0.2) is 17.6 Å². The van der Waals surface area contributed by atoms with E-state index in [0.29, 0.717) is 19.5 Å². The average Bonchev–Trinajstić information content (AvgIpc) is 3.18. The lowest BCUT2D eigenvalue weighted by atomic mass is 9.98. The smallest absolute Gasteiger partial charge is 0.262 e. The first-order chi connectivity index (χ1) is 13.0. The van der Waals surface area contributed by atoms with E-state index in [0.717, 1.165) is 45.6 Å². The fourth-order valence-corrected chi connectivity index (χ4v) is 5.37. The predicted octanol–water partition coefficient (Wildman–Crippen LogP) is 0.858. The van der Waals surface area contributed by atoms with Crippen molar-refractivity contribution in [2.75, 3.05) is 45.8 Å². The zero-order valence-electron chi connectivity index (χ0n) is 16.4. The molecule has 3 heterocycles. The monoisotopic (exact) mass is 397 g/mol. The van der Waals surface area contributed by atoms with Crippen molar-refractivity contribution < 1.29 is 13.2 Å². The van der Waals surface area contributed by atoms with Crippen molar-refractivity contribution in [3.8, 4) is 0 Å². The number of amides is 1. The molecule has 2 aliphatic heterocycles. The van der Waals surface area contributed by atoms with Crippen LogP contribution in [0.3, 0.4) is 0 Å². The van der Waals surface area contributed by atoms with Gasteiger partial charge in [-0.3, -0.25) is 9.69 Å². The van der Waals surface area contributed by atoms with E-state index in [2.05, 4.69) is 16.8 Å². The number of carbonyl (C=O) groups is 1. The van der Waals surface area contributed by atoms with Crippen LogP contribution in [0.1, 0.15) is 33.1 Å². The first-order valence-corrected chi connectivity index (χ1v) is 11.4. The van der Waals surface area contributed by atoms with Gasteiger partial charge in [-0.15, -0.1) is 0 Å². The lowest BCUT2D eigenvalue weighted by Gasteiger charge is -2.38. The Labute approximate surface area is 162 Å². The summed E-state index contributed by atoms with van der Waals surface area (Å²) in [6, 6.07) is 0. The maximum absolute atomic E-state index is 12.9. The number of piperidine rings is 1. The lowest BCUT2D eigenvalue weighted by molar-refractivity contribution is -0.138. The van der Waals surface area contributed by atoms with Crippen LogP contribution in [0.4, 0.5) is 0 Å². The molecule has 0 radical (unpaired) electrons. The minimum Gasteiger partial charge on any atom is -0.340 e. The maximum atomic E-state index is 12.9. The Hall–Kier alpha value is -1.45. The second-order valence-electron chi connectivity index (χ2n) is 7.41. The van der Waals surface area contributed by atoms with Gasteiger partial charge >= 0.3 is 0 Å². The highest BCUT2D eigenvalue weighted by molar-refractivity contribution is 7.89. The zero-order chi connectivity index (χ0) is 19.4. The van der Waals surface area contributed by atoms with Crippen molar-refractivity contribution in [1.82, 2.24) is 23.7 Å². The van der Waals surface area contributed by atoms with Gasteiger partial charge in [-0.2, -0.15) is 4.31 Å². The standard InChI is InChI=1S/C18H31N5O3S/c1-3-7-21-9-11-22(12-10-21)18(24)16-6-5-8-23(13-16)27(25,26)17-14-20(4-2)15-19-17/h14-16H,3-13H2,1-2H3/t16-/m0/s1. The molecule has 3 rings (SSSR count). The van der Waals surface area contributed by atoms with Gasteiger partial charge in [0.15, 0.2) is 5.03 Å². The molecule has 2 fully saturated rings. The van der Waals surface area contributed by atoms with E-state index in [9.17, 15) is 13.2 Å². The quantitative estimate of drug-likeness (QED) is 0.711. The molecule has 2 aliphatic rings. The average molecular weight is 398 g/mol. The molecule has 2 saturated heterocycles. The molecule has 0 aliphatic carbocycles. The number of aromatic nitrogens is 2. The first-order valence-electron chi connectivity index (χ1n) is 9.98. The van der Waals surface area contributed by atoms with Gasteiger partial charge in [-0.1, -0.05) is 6.92 Å². The fourth-order valence-electron chi connectivity index (χ4n) is 3.91. The van der Waals surface area contributed by atoms with E-state index in [4.69, 9.17) is 0 Å². The maximum Gasteiger partial charge on any atom is 0.262 e. The highest BCUT2D eigenvalue weighted by atomic mass is 32.2. The summed E-state index contributed by atoms with van der Waals surface area (Å²) in [5.74, 6) is -0.148. The minimum atomic E-state index is -3.64. The first kappa shape index (κ1) is 20.3. The van der Waals surface area contributed by atoms with Crippen molar-refractivity contribution in [2.24, 2.45) is 5.92 Å². The van der Waals surface area contributed by atoms with E-state index >= 15 is 0 Å². The number of hydrogen-bond donors (Lipinski definition) is 0. The van der Waals surface area contributed by atoms with Gasteiger partial charge < -0.3 is 9.47 Å². The summed E-state index contributed by atoms with van der Waals surface area (Å²) >= 11 is 0. The number of sulfonamides is 1. The molecule has 8 nitrogen and oxygen atoms in total. The molecule has 0 spiro atoms. The van der Waals surface area contributed by atoms with Crippen LogP contribution in [0.25, 0.3) is 0 Å². The molecule has 1 aromatic rings. The van der Waals surface area contributed by atoms with E-state index < -0.39 is 10.0 Å². The molecule has 9 heteroatoms. The molecule has 27 heavy (non-hydrogen) atoms. The van der Waals surface area contributed by atoms with Crippen LogP contribution in [0.5, 0.6) is 0 Å². The van der Waals surface area contributed by atoms with Crippen LogP contribution in [0, 0.1) is 5.92 Å². The van der Waals surface area contributed by atoms with Crippen molar-refractivity contribution in [2.45, 2.75) is 44.7 Å². The molecule has 152 valence electrons. The molecule has 1 amide bonds. The third-order valence-electron chi connectivity index (χ3n) is 5.54. The summed E-state index contributed by atoms with van der Waals surface area (Å²) in [6.45, 7) is 9.85. The second-order valence-corrected chi connectivity index (χ2v) is 9.30. The van der Waals surface area contributed by atoms with Gasteiger partial charge in [-0.25, -0.2) is 13.4 Å². The predicted molar refractivity (Wildman–Crippen MR) is 103 cm³/mol. The van der Waals surface area contributed by atoms with Crippen molar-refractivity contribution in [1.29, 1.82) is 0 Å². The number of nitrogens with zero attached hydrogens (tertiary/aromatic N) is 5. The summed E-state index contributed by atoms with van der Waals surface area (Å²) in [5.41, 5.74) is 0. The molecule has 0 bridgehead atoms. The largest absolute Gasteiger partial charge is 0.340 e. The topological polar surface area (TPSA) is 78.8 Å². The van der Waals surface area contributed by atoms with Gasteiger partial charge in [0.05, 0.1) is 12.2 Å². The zero-order valence-corrected chi connectivity index (χ0v) is 17.2. The summed E-state index contributed by atoms with van der Waals surface area (Å²) in [6.07, 6.45) is 5.68. The Morgan fingerprint density at radius 3 is 2.56 bits per heavy atom. The Balaban J connectivity index is 1.63. The van der Waals surface area contributed by atoms with E-state index in [1.54, 1.807) is 10.8 Å². The summed E-state index contributed by atoms with van der Waals surface area (Å²) < 4.78 is 29.0. The van der Waals surface area contributed by atoms with Crippen molar-refractivity contribution >= 4 is 15.9 Å². The van der Waals surface area contributed by atoms with Gasteiger partial charge in [0.2, 0.25) is 5.91 Å². The highest BCUT2D eigenvalue weighted by Gasteiger charge is 2.36. The SMILES string of the molecule is CCCN1CCN(C(=O)[C@H]2CCCN(S(=O)(=O)c3cn(CC)cn3)C2)CC1. The van der Waals surface area contributed by atoms with E-state index in [1.807, 2.05) is 11.8 Å². The van der Waals surface area contributed by atoms with Crippen LogP contribution in [-0.2, 0) is 21.4 Å². The summed E-state index contributed by atoms with van der Waals surface area (Å²) in [7, 11) is -3.64.